The molecule has 6 nitrogen and oxygen atoms in total. The Morgan fingerprint density at radius 1 is 0.125 bits per heavy atom. The lowest BCUT2D eigenvalue weighted by Gasteiger charge is -2.28. The molecule has 678 valence electrons. The first-order valence-electron chi connectivity index (χ1n) is 49.3. The van der Waals surface area contributed by atoms with E-state index in [9.17, 15) is 0 Å². The predicted octanol–water partition coefficient (Wildman–Crippen LogP) is 38.2. The molecule has 0 aliphatic heterocycles. The third kappa shape index (κ3) is 16.4. The zero-order valence-corrected chi connectivity index (χ0v) is 79.1. The Labute approximate surface area is 837 Å². The van der Waals surface area contributed by atoms with E-state index in [1.807, 2.05) is 0 Å². The zero-order chi connectivity index (χ0) is 95.6. The minimum atomic E-state index is 1.11. The molecule has 24 aromatic carbocycles. The lowest BCUT2D eigenvalue weighted by molar-refractivity contribution is 1.18. The van der Waals surface area contributed by atoms with E-state index in [0.29, 0.717) is 0 Å². The number of nitrogens with zero attached hydrogens (tertiary/aromatic N) is 6. The van der Waals surface area contributed by atoms with Crippen LogP contribution in [0.1, 0.15) is 0 Å². The van der Waals surface area contributed by atoms with Crippen molar-refractivity contribution < 1.29 is 0 Å². The first-order chi connectivity index (χ1) is 71.5. The van der Waals surface area contributed by atoms with Gasteiger partial charge in [0.05, 0.1) is 44.5 Å². The van der Waals surface area contributed by atoms with Crippen molar-refractivity contribution in [1.29, 1.82) is 0 Å². The molecule has 0 fully saturated rings. The van der Waals surface area contributed by atoms with E-state index >= 15 is 0 Å². The molecule has 0 aliphatic carbocycles. The molecule has 0 spiro atoms. The Kier molecular flexibility index (Phi) is 23.0. The molecule has 0 atom stereocenters. The summed E-state index contributed by atoms with van der Waals surface area (Å²) >= 11 is 0. The van der Waals surface area contributed by atoms with Crippen LogP contribution in [-0.2, 0) is 0 Å². The van der Waals surface area contributed by atoms with E-state index in [1.54, 1.807) is 0 Å². The average molecular weight is 1840 g/mol. The molecule has 0 amide bonds. The molecule has 0 saturated carbocycles. The monoisotopic (exact) mass is 1840 g/mol. The maximum atomic E-state index is 2.44. The third-order valence-electron chi connectivity index (χ3n) is 28.1. The van der Waals surface area contributed by atoms with E-state index in [2.05, 4.69) is 611 Å². The molecule has 144 heavy (non-hydrogen) atoms. The van der Waals surface area contributed by atoms with Crippen LogP contribution in [0.2, 0.25) is 0 Å². The first kappa shape index (κ1) is 86.4. The van der Waals surface area contributed by atoms with Gasteiger partial charge in [0.2, 0.25) is 0 Å². The van der Waals surface area contributed by atoms with Crippen molar-refractivity contribution in [3.05, 3.63) is 582 Å². The molecule has 0 aliphatic rings. The smallest absolute Gasteiger partial charge is 0.0640 e. The molecular formula is C138H96N6. The van der Waals surface area contributed by atoms with Gasteiger partial charge in [0.25, 0.3) is 0 Å². The molecule has 0 bridgehead atoms. The van der Waals surface area contributed by atoms with Gasteiger partial charge in [-0.25, -0.2) is 0 Å². The van der Waals surface area contributed by atoms with E-state index in [0.717, 1.165) is 68.2 Å². The topological polar surface area (TPSA) is 24.5 Å². The summed E-state index contributed by atoms with van der Waals surface area (Å²) < 4.78 is 7.28. The van der Waals surface area contributed by atoms with E-state index < -0.39 is 0 Å². The Morgan fingerprint density at radius 3 is 0.771 bits per heavy atom. The second kappa shape index (κ2) is 38.3. The van der Waals surface area contributed by atoms with Crippen molar-refractivity contribution in [2.75, 3.05) is 14.7 Å². The summed E-state index contributed by atoms with van der Waals surface area (Å²) in [6, 6.07) is 210. The fraction of sp³-hybridized carbons (Fsp3) is 0. The van der Waals surface area contributed by atoms with Crippen LogP contribution >= 0.6 is 0 Å². The van der Waals surface area contributed by atoms with Gasteiger partial charge in [-0.3, -0.25) is 0 Å². The molecule has 0 unspecified atom stereocenters. The third-order valence-corrected chi connectivity index (χ3v) is 28.1. The van der Waals surface area contributed by atoms with Gasteiger partial charge in [-0.2, -0.15) is 0 Å². The van der Waals surface area contributed by atoms with Gasteiger partial charge < -0.3 is 28.4 Å². The number of aromatic nitrogens is 3. The second-order valence-electron chi connectivity index (χ2n) is 36.6. The fourth-order valence-corrected chi connectivity index (χ4v) is 21.3. The number of hydrogen-bond acceptors (Lipinski definition) is 3. The standard InChI is InChI=1S/3C46H32N2/c1-4-14-33(15-5-1)35-24-28-39(29-25-35)47(40-30-26-36(27-31-40)34-16-6-2-7-17-34)44-32-37-18-10-11-21-41(37)46-45(44)42-22-12-13-23-43(42)48(46)38-19-8-3-9-20-38;1-4-14-33(15-5-1)35-24-28-38(29-25-35)47(39-30-26-36(27-31-39)34-16-6-2-7-17-34)45-32-43-41-21-12-13-23-44(41)48(37-18-8-3-9-19-37)46(43)42-22-11-10-20-40(42)45;1-4-12-33(13-5-1)35-20-25-39(26-21-35)47(40-27-22-36(23-28-40)34-14-6-2-7-15-34)41-29-31-45-44(32-41)43-30-24-37-16-10-11-19-42(37)46(43)48(45)38-17-8-3-9-18-38/h3*1-32H. The summed E-state index contributed by atoms with van der Waals surface area (Å²) in [7, 11) is 0. The summed E-state index contributed by atoms with van der Waals surface area (Å²) in [5.41, 5.74) is 35.2. The minimum absolute atomic E-state index is 1.11. The molecule has 0 radical (unpaired) electrons. The summed E-state index contributed by atoms with van der Waals surface area (Å²) in [5.74, 6) is 0. The highest BCUT2D eigenvalue weighted by molar-refractivity contribution is 6.26. The Bertz CT molecular complexity index is 8980. The van der Waals surface area contributed by atoms with Gasteiger partial charge in [-0.15, -0.1) is 0 Å². The van der Waals surface area contributed by atoms with Crippen LogP contribution in [0.4, 0.5) is 51.2 Å². The molecule has 3 aromatic heterocycles. The van der Waals surface area contributed by atoms with Crippen LogP contribution < -0.4 is 14.7 Å². The number of rotatable bonds is 18. The highest BCUT2D eigenvalue weighted by atomic mass is 15.2. The van der Waals surface area contributed by atoms with Gasteiger partial charge in [0, 0.05) is 111 Å². The number of fused-ring (bicyclic) bond motifs is 15. The molecule has 0 N–H and O–H groups in total. The molecular weight excluding hydrogens is 1740 g/mol. The molecule has 27 aromatic rings. The Hall–Kier alpha value is -19.1. The lowest BCUT2D eigenvalue weighted by Crippen LogP contribution is -2.10. The van der Waals surface area contributed by atoms with Crippen LogP contribution in [0.15, 0.2) is 582 Å². The number of anilines is 9. The zero-order valence-electron chi connectivity index (χ0n) is 79.1. The summed E-state index contributed by atoms with van der Waals surface area (Å²) in [4.78, 5) is 7.22. The van der Waals surface area contributed by atoms with Gasteiger partial charge in [0.15, 0.2) is 0 Å². The quantitative estimate of drug-likeness (QED) is 0.0856. The largest absolute Gasteiger partial charge is 0.310 e. The van der Waals surface area contributed by atoms with Crippen molar-refractivity contribution in [2.24, 2.45) is 0 Å². The predicted molar refractivity (Wildman–Crippen MR) is 612 cm³/mol. The Morgan fingerprint density at radius 2 is 0.382 bits per heavy atom. The summed E-state index contributed by atoms with van der Waals surface area (Å²) in [6.07, 6.45) is 0. The highest BCUT2D eigenvalue weighted by Crippen LogP contribution is 2.51. The molecule has 6 heteroatoms. The van der Waals surface area contributed by atoms with Crippen LogP contribution in [-0.4, -0.2) is 13.7 Å². The molecule has 0 saturated heterocycles. The van der Waals surface area contributed by atoms with Gasteiger partial charge in [-0.05, 0) is 229 Å². The molecule has 27 rings (SSSR count). The van der Waals surface area contributed by atoms with E-state index in [1.165, 1.54) is 164 Å². The number of para-hydroxylation sites is 5. The lowest BCUT2D eigenvalue weighted by atomic mass is 10.0. The Balaban J connectivity index is 0.000000113. The van der Waals surface area contributed by atoms with Crippen molar-refractivity contribution in [2.45, 2.75) is 0 Å². The van der Waals surface area contributed by atoms with Crippen molar-refractivity contribution in [1.82, 2.24) is 13.7 Å². The van der Waals surface area contributed by atoms with Crippen molar-refractivity contribution in [3.8, 4) is 83.8 Å². The van der Waals surface area contributed by atoms with E-state index in [-0.39, 0.29) is 0 Å². The van der Waals surface area contributed by atoms with Gasteiger partial charge in [0.1, 0.15) is 0 Å². The maximum Gasteiger partial charge on any atom is 0.0640 e. The minimum Gasteiger partial charge on any atom is -0.310 e. The maximum absolute atomic E-state index is 2.44. The van der Waals surface area contributed by atoms with Crippen LogP contribution in [0.5, 0.6) is 0 Å². The van der Waals surface area contributed by atoms with Crippen molar-refractivity contribution >= 4 is 149 Å². The normalized spacial score (nSPS) is 11.3. The van der Waals surface area contributed by atoms with Crippen LogP contribution in [0.25, 0.3) is 182 Å². The fourth-order valence-electron chi connectivity index (χ4n) is 21.3. The molecule has 3 heterocycles. The SMILES string of the molecule is c1ccc(-c2ccc(N(c3ccc(-c4ccccc4)cc3)c3cc4c5ccccc5n(-c5ccccc5)c4c4ccccc34)cc2)cc1.c1ccc(-c2ccc(N(c3ccc(-c4ccccc4)cc3)c3cc4ccccc4c4c3c3ccccc3n4-c3ccccc3)cc2)cc1.c1ccc(-c2ccc(N(c3ccc(-c4ccccc4)cc3)c3ccc4c(c3)c3ccc5ccccc5c3n4-c3ccccc3)cc2)cc1. The van der Waals surface area contributed by atoms with Crippen LogP contribution in [0, 0.1) is 0 Å². The van der Waals surface area contributed by atoms with Gasteiger partial charge >= 0.3 is 0 Å². The summed E-state index contributed by atoms with van der Waals surface area (Å²) in [5, 5.41) is 14.7. The number of hydrogen-bond donors (Lipinski definition) is 0. The first-order valence-corrected chi connectivity index (χ1v) is 49.3. The number of benzene rings is 24. The van der Waals surface area contributed by atoms with Crippen molar-refractivity contribution in [3.63, 3.8) is 0 Å². The van der Waals surface area contributed by atoms with Crippen LogP contribution in [0.3, 0.4) is 0 Å². The second-order valence-corrected chi connectivity index (χ2v) is 36.6. The summed E-state index contributed by atoms with van der Waals surface area (Å²) in [6.45, 7) is 0. The van der Waals surface area contributed by atoms with E-state index in [4.69, 9.17) is 0 Å². The highest BCUT2D eigenvalue weighted by Gasteiger charge is 2.28. The average Bonchev–Trinajstić information content (AvgIpc) is 1.55. The van der Waals surface area contributed by atoms with Gasteiger partial charge in [-0.1, -0.05) is 431 Å².